The summed E-state index contributed by atoms with van der Waals surface area (Å²) in [6, 6.07) is 0. The number of aryl methyl sites for hydroxylation is 1. The standard InChI is InChI=1S/C7H7N5O3/c1-10-6(13)4-5(9-7(10)14)11(2)8-3-12(4)15/h3H,1-2H3. The maximum absolute atomic E-state index is 11.6. The minimum atomic E-state index is -0.712. The highest BCUT2D eigenvalue weighted by Crippen LogP contribution is 2.02. The molecule has 0 aromatic heterocycles. The minimum absolute atomic E-state index is 0.0272. The lowest BCUT2D eigenvalue weighted by Crippen LogP contribution is -2.45. The van der Waals surface area contributed by atoms with Crippen molar-refractivity contribution in [2.45, 2.75) is 0 Å². The van der Waals surface area contributed by atoms with Crippen molar-refractivity contribution in [1.29, 1.82) is 0 Å². The highest BCUT2D eigenvalue weighted by molar-refractivity contribution is 5.43. The first-order valence-electron chi connectivity index (χ1n) is 4.04. The first-order valence-corrected chi connectivity index (χ1v) is 4.04. The molecule has 0 aromatic rings. The molecule has 0 radical (unpaired) electrons. The number of fused-ring (bicyclic) bond motifs is 1. The van der Waals surface area contributed by atoms with Crippen LogP contribution >= 0.6 is 0 Å². The van der Waals surface area contributed by atoms with Gasteiger partial charge in [-0.1, -0.05) is 0 Å². The number of hydrogen-bond acceptors (Lipinski definition) is 5. The van der Waals surface area contributed by atoms with Crippen molar-refractivity contribution in [3.8, 4) is 11.5 Å². The Morgan fingerprint density at radius 3 is 2.73 bits per heavy atom. The van der Waals surface area contributed by atoms with Crippen LogP contribution in [0.3, 0.4) is 0 Å². The third-order valence-electron chi connectivity index (χ3n) is 2.06. The van der Waals surface area contributed by atoms with E-state index in [-0.39, 0.29) is 11.5 Å². The Kier molecular flexibility index (Phi) is 1.78. The summed E-state index contributed by atoms with van der Waals surface area (Å²) >= 11 is 0. The van der Waals surface area contributed by atoms with Crippen LogP contribution in [0.25, 0.3) is 11.5 Å². The van der Waals surface area contributed by atoms with Gasteiger partial charge in [0.05, 0.1) is 7.05 Å². The Labute approximate surface area is 83.0 Å². The second-order valence-electron chi connectivity index (χ2n) is 3.01. The zero-order chi connectivity index (χ0) is 11.2. The van der Waals surface area contributed by atoms with E-state index in [1.165, 1.54) is 18.8 Å². The summed E-state index contributed by atoms with van der Waals surface area (Å²) < 4.78 is 2.27. The van der Waals surface area contributed by atoms with E-state index in [2.05, 4.69) is 10.1 Å². The number of hydrogen-bond donors (Lipinski definition) is 0. The van der Waals surface area contributed by atoms with Crippen molar-refractivity contribution in [3.05, 3.63) is 32.4 Å². The van der Waals surface area contributed by atoms with Gasteiger partial charge in [0.1, 0.15) is 0 Å². The maximum Gasteiger partial charge on any atom is 0.352 e. The van der Waals surface area contributed by atoms with Crippen molar-refractivity contribution in [3.63, 3.8) is 0 Å². The first-order chi connectivity index (χ1) is 7.02. The van der Waals surface area contributed by atoms with Crippen LogP contribution in [0.2, 0.25) is 0 Å². The smallest absolute Gasteiger partial charge is 0.352 e. The summed E-state index contributed by atoms with van der Waals surface area (Å²) in [4.78, 5) is 26.4. The Balaban J connectivity index is 3.10. The molecule has 0 aromatic carbocycles. The molecular weight excluding hydrogens is 202 g/mol. The van der Waals surface area contributed by atoms with Gasteiger partial charge in [0.2, 0.25) is 11.5 Å². The second-order valence-corrected chi connectivity index (χ2v) is 3.01. The topological polar surface area (TPSA) is 96.7 Å². The average molecular weight is 209 g/mol. The van der Waals surface area contributed by atoms with Crippen LogP contribution in [0.15, 0.2) is 15.9 Å². The molecule has 2 heterocycles. The Hall–Kier alpha value is -2.25. The van der Waals surface area contributed by atoms with Gasteiger partial charge in [-0.3, -0.25) is 9.36 Å². The molecule has 8 nitrogen and oxygen atoms in total. The van der Waals surface area contributed by atoms with Gasteiger partial charge in [-0.25, -0.2) is 9.52 Å². The predicted octanol–water partition coefficient (Wildman–Crippen LogP) is -2.39. The van der Waals surface area contributed by atoms with Gasteiger partial charge in [-0.05, 0) is 0 Å². The molecule has 8 heteroatoms. The van der Waals surface area contributed by atoms with Crippen LogP contribution in [0.4, 0.5) is 0 Å². The van der Waals surface area contributed by atoms with Crippen molar-refractivity contribution >= 4 is 0 Å². The molecular formula is C7H7N5O3. The van der Waals surface area contributed by atoms with E-state index in [1.807, 2.05) is 0 Å². The summed E-state index contributed by atoms with van der Waals surface area (Å²) in [5.41, 5.74) is -1.59. The van der Waals surface area contributed by atoms with Gasteiger partial charge in [-0.2, -0.15) is 9.67 Å². The highest BCUT2D eigenvalue weighted by atomic mass is 16.5. The van der Waals surface area contributed by atoms with Crippen molar-refractivity contribution in [1.82, 2.24) is 19.3 Å². The minimum Gasteiger partial charge on any atom is -0.710 e. The summed E-state index contributed by atoms with van der Waals surface area (Å²) in [6.07, 6.45) is 0.940. The molecule has 2 aliphatic rings. The van der Waals surface area contributed by atoms with E-state index >= 15 is 0 Å². The quantitative estimate of drug-likeness (QED) is 0.356. The molecule has 2 rings (SSSR count). The van der Waals surface area contributed by atoms with Gasteiger partial charge in [-0.15, -0.1) is 0 Å². The molecule has 0 spiro atoms. The highest BCUT2D eigenvalue weighted by Gasteiger charge is 2.21. The summed E-state index contributed by atoms with van der Waals surface area (Å²) in [7, 11) is 2.76. The summed E-state index contributed by atoms with van der Waals surface area (Å²) in [5.74, 6) is -0.0272. The molecule has 0 fully saturated rings. The van der Waals surface area contributed by atoms with Crippen LogP contribution in [-0.2, 0) is 14.1 Å². The largest absolute Gasteiger partial charge is 0.710 e. The van der Waals surface area contributed by atoms with E-state index in [9.17, 15) is 14.8 Å². The second kappa shape index (κ2) is 2.87. The van der Waals surface area contributed by atoms with Crippen molar-refractivity contribution < 1.29 is 4.73 Å². The third kappa shape index (κ3) is 1.18. The fourth-order valence-corrected chi connectivity index (χ4v) is 1.22. The number of nitrogens with zero attached hydrogens (tertiary/aromatic N) is 5. The van der Waals surface area contributed by atoms with Crippen LogP contribution in [0, 0.1) is 5.21 Å². The zero-order valence-corrected chi connectivity index (χ0v) is 8.04. The first kappa shape index (κ1) is 9.31. The van der Waals surface area contributed by atoms with E-state index in [0.717, 1.165) is 10.9 Å². The van der Waals surface area contributed by atoms with Gasteiger partial charge < -0.3 is 5.21 Å². The van der Waals surface area contributed by atoms with Crippen LogP contribution < -0.4 is 16.0 Å². The Morgan fingerprint density at radius 2 is 2.07 bits per heavy atom. The molecule has 0 saturated carbocycles. The van der Waals surface area contributed by atoms with Crippen molar-refractivity contribution in [2.24, 2.45) is 14.1 Å². The normalized spacial score (nSPS) is 10.8. The van der Waals surface area contributed by atoms with Gasteiger partial charge in [0.15, 0.2) is 0 Å². The van der Waals surface area contributed by atoms with E-state index in [4.69, 9.17) is 0 Å². The van der Waals surface area contributed by atoms with Gasteiger partial charge >= 0.3 is 17.6 Å². The molecule has 2 aliphatic heterocycles. The molecule has 78 valence electrons. The van der Waals surface area contributed by atoms with Crippen LogP contribution in [0.1, 0.15) is 0 Å². The molecule has 0 bridgehead atoms. The zero-order valence-electron chi connectivity index (χ0n) is 8.04. The third-order valence-corrected chi connectivity index (χ3v) is 2.06. The molecule has 0 N–H and O–H groups in total. The van der Waals surface area contributed by atoms with Crippen LogP contribution in [-0.4, -0.2) is 19.3 Å². The lowest BCUT2D eigenvalue weighted by Gasteiger charge is -2.09. The lowest BCUT2D eigenvalue weighted by atomic mass is 10.4. The number of rotatable bonds is 0. The lowest BCUT2D eigenvalue weighted by molar-refractivity contribution is -0.599. The molecule has 0 atom stereocenters. The molecule has 0 saturated heterocycles. The molecule has 0 unspecified atom stereocenters. The van der Waals surface area contributed by atoms with E-state index in [0.29, 0.717) is 4.73 Å². The fraction of sp³-hybridized carbons (Fsp3) is 0.286. The molecule has 15 heavy (non-hydrogen) atoms. The van der Waals surface area contributed by atoms with Gasteiger partial charge in [0.25, 0.3) is 0 Å². The van der Waals surface area contributed by atoms with Gasteiger partial charge in [0, 0.05) is 12.1 Å². The predicted molar refractivity (Wildman–Crippen MR) is 48.1 cm³/mol. The average Bonchev–Trinajstić information content (AvgIpc) is 2.20. The monoisotopic (exact) mass is 209 g/mol. The molecule has 0 aliphatic carbocycles. The van der Waals surface area contributed by atoms with Crippen LogP contribution in [0.5, 0.6) is 0 Å². The van der Waals surface area contributed by atoms with E-state index < -0.39 is 11.2 Å². The maximum atomic E-state index is 11.6. The van der Waals surface area contributed by atoms with E-state index in [1.54, 1.807) is 0 Å². The molecule has 0 amide bonds. The fourth-order valence-electron chi connectivity index (χ4n) is 1.22. The Morgan fingerprint density at radius 1 is 1.40 bits per heavy atom. The Bertz CT molecular complexity index is 613. The SMILES string of the molecule is Cn1nc[n+]([O-])c2c(=O)n(C)c(=O)nc1-2. The summed E-state index contributed by atoms with van der Waals surface area (Å²) in [5, 5.41) is 14.9. The van der Waals surface area contributed by atoms with Crippen molar-refractivity contribution in [2.75, 3.05) is 0 Å². The summed E-state index contributed by atoms with van der Waals surface area (Å²) in [6.45, 7) is 0. The number of aromatic nitrogens is 5.